The van der Waals surface area contributed by atoms with Crippen molar-refractivity contribution in [2.45, 2.75) is 50.6 Å². The van der Waals surface area contributed by atoms with E-state index in [2.05, 4.69) is 5.32 Å². The number of hydrogen-bond donors (Lipinski definition) is 2. The molecular formula is C15H20ClFN2O. The fraction of sp³-hybridized carbons (Fsp3) is 0.533. The van der Waals surface area contributed by atoms with Crippen LogP contribution in [0.3, 0.4) is 0 Å². The molecular weight excluding hydrogens is 279 g/mol. The van der Waals surface area contributed by atoms with Crippen LogP contribution in [0.5, 0.6) is 0 Å². The van der Waals surface area contributed by atoms with E-state index in [-0.39, 0.29) is 11.1 Å². The van der Waals surface area contributed by atoms with Crippen molar-refractivity contribution in [3.63, 3.8) is 0 Å². The molecule has 1 saturated carbocycles. The Bertz CT molecular complexity index is 473. The summed E-state index contributed by atoms with van der Waals surface area (Å²) in [4.78, 5) is 11.7. The summed E-state index contributed by atoms with van der Waals surface area (Å²) in [6, 6.07) is 3.97. The molecule has 3 N–H and O–H groups in total. The van der Waals surface area contributed by atoms with E-state index >= 15 is 0 Å². The maximum absolute atomic E-state index is 13.5. The van der Waals surface area contributed by atoms with Crippen molar-refractivity contribution in [3.8, 4) is 0 Å². The van der Waals surface area contributed by atoms with Crippen LogP contribution < -0.4 is 11.1 Å². The second-order valence-corrected chi connectivity index (χ2v) is 5.77. The summed E-state index contributed by atoms with van der Waals surface area (Å²) in [6.45, 7) is 0. The number of primary amides is 1. The van der Waals surface area contributed by atoms with Crippen LogP contribution in [0.4, 0.5) is 4.39 Å². The van der Waals surface area contributed by atoms with Crippen LogP contribution >= 0.6 is 11.6 Å². The first-order chi connectivity index (χ1) is 9.58. The molecule has 1 aromatic carbocycles. The lowest BCUT2D eigenvalue weighted by molar-refractivity contribution is -0.120. The van der Waals surface area contributed by atoms with Gasteiger partial charge in [0.25, 0.3) is 0 Å². The summed E-state index contributed by atoms with van der Waals surface area (Å²) >= 11 is 5.67. The maximum atomic E-state index is 13.5. The summed E-state index contributed by atoms with van der Waals surface area (Å²) in [7, 11) is 0. The van der Waals surface area contributed by atoms with Gasteiger partial charge in [0.05, 0.1) is 5.02 Å². The van der Waals surface area contributed by atoms with Gasteiger partial charge in [-0.3, -0.25) is 10.1 Å². The summed E-state index contributed by atoms with van der Waals surface area (Å²) in [5.74, 6) is -1.02. The fourth-order valence-electron chi connectivity index (χ4n) is 2.72. The Labute approximate surface area is 123 Å². The van der Waals surface area contributed by atoms with Crippen LogP contribution in [0, 0.1) is 5.82 Å². The third-order valence-corrected chi connectivity index (χ3v) is 4.13. The highest BCUT2D eigenvalue weighted by atomic mass is 35.5. The van der Waals surface area contributed by atoms with Gasteiger partial charge in [0.15, 0.2) is 0 Å². The average molecular weight is 299 g/mol. The summed E-state index contributed by atoms with van der Waals surface area (Å²) in [5, 5.41) is 3.32. The highest BCUT2D eigenvalue weighted by Crippen LogP contribution is 2.23. The summed E-state index contributed by atoms with van der Waals surface area (Å²) in [6.07, 6.45) is 6.82. The number of rotatable bonds is 4. The molecule has 1 aromatic rings. The van der Waals surface area contributed by atoms with Crippen molar-refractivity contribution in [2.75, 3.05) is 0 Å². The Morgan fingerprint density at radius 3 is 2.50 bits per heavy atom. The minimum Gasteiger partial charge on any atom is -0.368 e. The predicted molar refractivity (Wildman–Crippen MR) is 78.0 cm³/mol. The average Bonchev–Trinajstić information content (AvgIpc) is 2.67. The molecule has 0 bridgehead atoms. The summed E-state index contributed by atoms with van der Waals surface area (Å²) in [5.41, 5.74) is 5.99. The zero-order valence-corrected chi connectivity index (χ0v) is 12.1. The van der Waals surface area contributed by atoms with Crippen molar-refractivity contribution < 1.29 is 9.18 Å². The van der Waals surface area contributed by atoms with Crippen molar-refractivity contribution in [2.24, 2.45) is 5.73 Å². The lowest BCUT2D eigenvalue weighted by Gasteiger charge is -2.23. The first-order valence-electron chi connectivity index (χ1n) is 7.08. The molecule has 0 spiro atoms. The van der Waals surface area contributed by atoms with Crippen LogP contribution in [0.25, 0.3) is 0 Å². The lowest BCUT2D eigenvalue weighted by atomic mass is 10.0. The number of nitrogens with two attached hydrogens (primary N) is 1. The number of hydrogen-bond acceptors (Lipinski definition) is 2. The molecule has 1 unspecified atom stereocenters. The van der Waals surface area contributed by atoms with Crippen LogP contribution in [-0.2, 0) is 4.79 Å². The van der Waals surface area contributed by atoms with Gasteiger partial charge in [-0.2, -0.15) is 0 Å². The normalized spacial score (nSPS) is 18.5. The molecule has 2 rings (SSSR count). The molecule has 1 atom stereocenters. The van der Waals surface area contributed by atoms with Crippen LogP contribution in [0.15, 0.2) is 18.2 Å². The molecule has 1 fully saturated rings. The Kier molecular flexibility index (Phi) is 5.38. The number of carbonyl (C=O) groups excluding carboxylic acids is 1. The number of nitrogens with one attached hydrogen (secondary N) is 1. The highest BCUT2D eigenvalue weighted by molar-refractivity contribution is 6.30. The van der Waals surface area contributed by atoms with Gasteiger partial charge in [-0.05, 0) is 30.5 Å². The van der Waals surface area contributed by atoms with Crippen molar-refractivity contribution >= 4 is 17.5 Å². The van der Waals surface area contributed by atoms with Crippen molar-refractivity contribution in [3.05, 3.63) is 34.6 Å². The van der Waals surface area contributed by atoms with Gasteiger partial charge in [0.2, 0.25) is 5.91 Å². The maximum Gasteiger partial charge on any atom is 0.239 e. The van der Waals surface area contributed by atoms with Gasteiger partial charge in [0, 0.05) is 6.04 Å². The Hall–Kier alpha value is -1.13. The molecule has 0 saturated heterocycles. The molecule has 1 aliphatic carbocycles. The highest BCUT2D eigenvalue weighted by Gasteiger charge is 2.23. The largest absolute Gasteiger partial charge is 0.368 e. The topological polar surface area (TPSA) is 55.1 Å². The molecule has 5 heteroatoms. The van der Waals surface area contributed by atoms with Gasteiger partial charge in [-0.15, -0.1) is 0 Å². The van der Waals surface area contributed by atoms with Crippen LogP contribution in [0.2, 0.25) is 5.02 Å². The zero-order valence-electron chi connectivity index (χ0n) is 11.4. The second kappa shape index (κ2) is 7.04. The standard InChI is InChI=1S/C15H20ClFN2O/c16-12-8-7-10(9-13(12)17)14(15(18)20)19-11-5-3-1-2-4-6-11/h7-9,11,14,19H,1-6H2,(H2,18,20). The lowest BCUT2D eigenvalue weighted by Crippen LogP contribution is -2.40. The van der Waals surface area contributed by atoms with E-state index in [0.29, 0.717) is 5.56 Å². The fourth-order valence-corrected chi connectivity index (χ4v) is 2.83. The SMILES string of the molecule is NC(=O)C(NC1CCCCCC1)c1ccc(Cl)c(F)c1. The Morgan fingerprint density at radius 2 is 1.95 bits per heavy atom. The number of halogens is 2. The van der Waals surface area contributed by atoms with Crippen LogP contribution in [0.1, 0.15) is 50.1 Å². The van der Waals surface area contributed by atoms with Gasteiger partial charge < -0.3 is 5.73 Å². The van der Waals surface area contributed by atoms with E-state index in [4.69, 9.17) is 17.3 Å². The molecule has 1 amide bonds. The van der Waals surface area contributed by atoms with Crippen molar-refractivity contribution in [1.29, 1.82) is 0 Å². The first-order valence-corrected chi connectivity index (χ1v) is 7.46. The molecule has 0 heterocycles. The summed E-state index contributed by atoms with van der Waals surface area (Å²) < 4.78 is 13.5. The minimum atomic E-state index is -0.662. The van der Waals surface area contributed by atoms with E-state index in [1.165, 1.54) is 25.0 Å². The first kappa shape index (κ1) is 15.3. The molecule has 1 aliphatic rings. The molecule has 110 valence electrons. The van der Waals surface area contributed by atoms with E-state index in [0.717, 1.165) is 25.7 Å². The Morgan fingerprint density at radius 1 is 1.30 bits per heavy atom. The third kappa shape index (κ3) is 3.93. The van der Waals surface area contributed by atoms with Gasteiger partial charge >= 0.3 is 0 Å². The van der Waals surface area contributed by atoms with Crippen molar-refractivity contribution in [1.82, 2.24) is 5.32 Å². The van der Waals surface area contributed by atoms with Gasteiger partial charge in [0.1, 0.15) is 11.9 Å². The van der Waals surface area contributed by atoms with Gasteiger partial charge in [-0.1, -0.05) is 43.4 Å². The van der Waals surface area contributed by atoms with Crippen LogP contribution in [-0.4, -0.2) is 11.9 Å². The molecule has 0 aromatic heterocycles. The number of carbonyl (C=O) groups is 1. The van der Waals surface area contributed by atoms with Gasteiger partial charge in [-0.25, -0.2) is 4.39 Å². The van der Waals surface area contributed by atoms with E-state index < -0.39 is 17.8 Å². The molecule has 20 heavy (non-hydrogen) atoms. The number of amides is 1. The molecule has 0 aliphatic heterocycles. The van der Waals surface area contributed by atoms with E-state index in [1.807, 2.05) is 0 Å². The minimum absolute atomic E-state index is 0.0476. The molecule has 3 nitrogen and oxygen atoms in total. The zero-order chi connectivity index (χ0) is 14.5. The quantitative estimate of drug-likeness (QED) is 0.838. The Balaban J connectivity index is 2.13. The smallest absolute Gasteiger partial charge is 0.239 e. The second-order valence-electron chi connectivity index (χ2n) is 5.36. The van der Waals surface area contributed by atoms with E-state index in [9.17, 15) is 9.18 Å². The van der Waals surface area contributed by atoms with E-state index in [1.54, 1.807) is 6.07 Å². The third-order valence-electron chi connectivity index (χ3n) is 3.82. The predicted octanol–water partition coefficient (Wildman–Crippen LogP) is 3.32. The molecule has 0 radical (unpaired) electrons. The monoisotopic (exact) mass is 298 g/mol. The number of benzene rings is 1.